The third-order valence-electron chi connectivity index (χ3n) is 4.80. The summed E-state index contributed by atoms with van der Waals surface area (Å²) in [4.78, 5) is 2.47. The van der Waals surface area contributed by atoms with Gasteiger partial charge in [0.25, 0.3) is 0 Å². The van der Waals surface area contributed by atoms with Crippen LogP contribution in [0.2, 0.25) is 5.02 Å². The standard InChI is InChI=1S/C16H22ClN3/c17-12-7-8-13(16(18)19)15(10-12)20-9-3-5-11-4-1-2-6-14(11)20/h7-8,10-11,14H,1-6,9H2,(H3,18,19). The lowest BCUT2D eigenvalue weighted by Gasteiger charge is -2.46. The summed E-state index contributed by atoms with van der Waals surface area (Å²) in [5.74, 6) is 0.936. The average molecular weight is 292 g/mol. The smallest absolute Gasteiger partial charge is 0.124 e. The van der Waals surface area contributed by atoms with Crippen LogP contribution < -0.4 is 10.6 Å². The highest BCUT2D eigenvalue weighted by atomic mass is 35.5. The van der Waals surface area contributed by atoms with Crippen molar-refractivity contribution in [3.8, 4) is 0 Å². The van der Waals surface area contributed by atoms with Crippen molar-refractivity contribution in [3.63, 3.8) is 0 Å². The van der Waals surface area contributed by atoms with Gasteiger partial charge in [0.1, 0.15) is 5.84 Å². The molecule has 3 nitrogen and oxygen atoms in total. The molecule has 2 aliphatic rings. The Labute approximate surface area is 125 Å². The highest BCUT2D eigenvalue weighted by molar-refractivity contribution is 6.31. The summed E-state index contributed by atoms with van der Waals surface area (Å²) in [5, 5.41) is 8.53. The van der Waals surface area contributed by atoms with Gasteiger partial charge < -0.3 is 10.6 Å². The van der Waals surface area contributed by atoms with E-state index in [9.17, 15) is 0 Å². The van der Waals surface area contributed by atoms with Gasteiger partial charge in [-0.15, -0.1) is 0 Å². The number of anilines is 1. The molecule has 0 bridgehead atoms. The molecular formula is C16H22ClN3. The van der Waals surface area contributed by atoms with Crippen LogP contribution in [0.4, 0.5) is 5.69 Å². The van der Waals surface area contributed by atoms with Gasteiger partial charge in [-0.3, -0.25) is 5.41 Å². The van der Waals surface area contributed by atoms with E-state index in [1.807, 2.05) is 18.2 Å². The van der Waals surface area contributed by atoms with Crippen LogP contribution in [0.15, 0.2) is 18.2 Å². The Hall–Kier alpha value is -1.22. The molecule has 3 rings (SSSR count). The Balaban J connectivity index is 1.98. The lowest BCUT2D eigenvalue weighted by molar-refractivity contribution is 0.244. The second-order valence-corrected chi connectivity index (χ2v) is 6.46. The quantitative estimate of drug-likeness (QED) is 0.643. The first-order chi connectivity index (χ1) is 9.66. The van der Waals surface area contributed by atoms with E-state index in [-0.39, 0.29) is 5.84 Å². The number of hydrogen-bond donors (Lipinski definition) is 2. The topological polar surface area (TPSA) is 53.1 Å². The molecule has 1 heterocycles. The van der Waals surface area contributed by atoms with Crippen LogP contribution in [0.3, 0.4) is 0 Å². The predicted octanol–water partition coefficient (Wildman–Crippen LogP) is 3.78. The molecule has 1 aliphatic heterocycles. The number of rotatable bonds is 2. The van der Waals surface area contributed by atoms with Crippen LogP contribution in [0.5, 0.6) is 0 Å². The van der Waals surface area contributed by atoms with Gasteiger partial charge in [0.15, 0.2) is 0 Å². The third-order valence-corrected chi connectivity index (χ3v) is 5.04. The van der Waals surface area contributed by atoms with Crippen LogP contribution in [-0.4, -0.2) is 18.4 Å². The van der Waals surface area contributed by atoms with E-state index in [4.69, 9.17) is 22.7 Å². The maximum absolute atomic E-state index is 7.81. The number of nitrogens with zero attached hydrogens (tertiary/aromatic N) is 1. The molecule has 0 aromatic heterocycles. The monoisotopic (exact) mass is 291 g/mol. The molecule has 1 aromatic carbocycles. The van der Waals surface area contributed by atoms with Crippen molar-refractivity contribution in [2.75, 3.05) is 11.4 Å². The molecule has 0 amide bonds. The Bertz CT molecular complexity index is 512. The molecule has 2 unspecified atom stereocenters. The maximum atomic E-state index is 7.81. The first kappa shape index (κ1) is 13.7. The van der Waals surface area contributed by atoms with Gasteiger partial charge in [-0.1, -0.05) is 24.4 Å². The molecule has 2 atom stereocenters. The van der Waals surface area contributed by atoms with Crippen molar-refractivity contribution >= 4 is 23.1 Å². The first-order valence-corrected chi connectivity index (χ1v) is 7.95. The van der Waals surface area contributed by atoms with Crippen molar-refractivity contribution in [1.82, 2.24) is 0 Å². The van der Waals surface area contributed by atoms with Crippen molar-refractivity contribution in [3.05, 3.63) is 28.8 Å². The van der Waals surface area contributed by atoms with Crippen molar-refractivity contribution in [2.45, 2.75) is 44.6 Å². The average Bonchev–Trinajstić information content (AvgIpc) is 2.46. The molecule has 1 saturated heterocycles. The summed E-state index contributed by atoms with van der Waals surface area (Å²) in [6.45, 7) is 1.06. The van der Waals surface area contributed by atoms with Crippen LogP contribution in [-0.2, 0) is 0 Å². The zero-order valence-electron chi connectivity index (χ0n) is 11.7. The summed E-state index contributed by atoms with van der Waals surface area (Å²) in [6, 6.07) is 6.29. The number of nitrogen functional groups attached to an aromatic ring is 1. The lowest BCUT2D eigenvalue weighted by atomic mass is 9.78. The SMILES string of the molecule is N=C(N)c1ccc(Cl)cc1N1CCCC2CCCCC21. The summed E-state index contributed by atoms with van der Waals surface area (Å²) < 4.78 is 0. The zero-order valence-corrected chi connectivity index (χ0v) is 12.5. The third kappa shape index (κ3) is 2.51. The van der Waals surface area contributed by atoms with Crippen molar-refractivity contribution < 1.29 is 0 Å². The molecule has 108 valence electrons. The molecule has 0 radical (unpaired) electrons. The second-order valence-electron chi connectivity index (χ2n) is 6.02. The summed E-state index contributed by atoms with van der Waals surface area (Å²) in [6.07, 6.45) is 7.85. The molecule has 0 spiro atoms. The van der Waals surface area contributed by atoms with E-state index >= 15 is 0 Å². The molecule has 1 saturated carbocycles. The van der Waals surface area contributed by atoms with Gasteiger partial charge in [-0.05, 0) is 49.8 Å². The second kappa shape index (κ2) is 5.65. The largest absolute Gasteiger partial charge is 0.384 e. The van der Waals surface area contributed by atoms with Gasteiger partial charge in [0.05, 0.1) is 0 Å². The number of piperidine rings is 1. The Kier molecular flexibility index (Phi) is 3.88. The Morgan fingerprint density at radius 1 is 1.20 bits per heavy atom. The number of nitrogens with one attached hydrogen (secondary N) is 1. The molecule has 2 fully saturated rings. The number of benzene rings is 1. The van der Waals surface area contributed by atoms with Gasteiger partial charge in [-0.25, -0.2) is 0 Å². The van der Waals surface area contributed by atoms with Crippen molar-refractivity contribution in [1.29, 1.82) is 5.41 Å². The van der Waals surface area contributed by atoms with Crippen LogP contribution in [0, 0.1) is 11.3 Å². The van der Waals surface area contributed by atoms with Crippen LogP contribution >= 0.6 is 11.6 Å². The summed E-state index contributed by atoms with van der Waals surface area (Å²) in [5.41, 5.74) is 7.63. The van der Waals surface area contributed by atoms with Crippen LogP contribution in [0.1, 0.15) is 44.1 Å². The van der Waals surface area contributed by atoms with E-state index in [1.165, 1.54) is 38.5 Å². The van der Waals surface area contributed by atoms with Gasteiger partial charge in [-0.2, -0.15) is 0 Å². The molecule has 3 N–H and O–H groups in total. The normalized spacial score (nSPS) is 26.1. The number of nitrogens with two attached hydrogens (primary N) is 1. The molecule has 4 heteroatoms. The Morgan fingerprint density at radius 2 is 1.95 bits per heavy atom. The van der Waals surface area contributed by atoms with Gasteiger partial charge in [0.2, 0.25) is 0 Å². The fourth-order valence-electron chi connectivity index (χ4n) is 3.89. The van der Waals surface area contributed by atoms with E-state index < -0.39 is 0 Å². The molecular weight excluding hydrogens is 270 g/mol. The summed E-state index contributed by atoms with van der Waals surface area (Å²) >= 11 is 6.18. The number of hydrogen-bond acceptors (Lipinski definition) is 2. The number of halogens is 1. The van der Waals surface area contributed by atoms with Gasteiger partial charge in [0, 0.05) is 28.9 Å². The minimum atomic E-state index is 0.134. The van der Waals surface area contributed by atoms with E-state index in [0.717, 1.165) is 28.7 Å². The molecule has 1 aromatic rings. The predicted molar refractivity (Wildman–Crippen MR) is 84.8 cm³/mol. The highest BCUT2D eigenvalue weighted by Crippen LogP contribution is 2.39. The van der Waals surface area contributed by atoms with Crippen LogP contribution in [0.25, 0.3) is 0 Å². The zero-order chi connectivity index (χ0) is 14.1. The van der Waals surface area contributed by atoms with Gasteiger partial charge >= 0.3 is 0 Å². The minimum absolute atomic E-state index is 0.134. The Morgan fingerprint density at radius 3 is 2.75 bits per heavy atom. The van der Waals surface area contributed by atoms with E-state index in [2.05, 4.69) is 4.90 Å². The minimum Gasteiger partial charge on any atom is -0.384 e. The van der Waals surface area contributed by atoms with Crippen molar-refractivity contribution in [2.24, 2.45) is 11.7 Å². The fourth-order valence-corrected chi connectivity index (χ4v) is 4.06. The molecule has 20 heavy (non-hydrogen) atoms. The highest BCUT2D eigenvalue weighted by Gasteiger charge is 2.34. The maximum Gasteiger partial charge on any atom is 0.124 e. The van der Waals surface area contributed by atoms with E-state index in [0.29, 0.717) is 6.04 Å². The molecule has 1 aliphatic carbocycles. The van der Waals surface area contributed by atoms with E-state index in [1.54, 1.807) is 0 Å². The summed E-state index contributed by atoms with van der Waals surface area (Å²) in [7, 11) is 0. The number of amidine groups is 1. The number of fused-ring (bicyclic) bond motifs is 1. The lowest BCUT2D eigenvalue weighted by Crippen LogP contribution is -2.47. The first-order valence-electron chi connectivity index (χ1n) is 7.57. The fraction of sp³-hybridized carbons (Fsp3) is 0.562.